The van der Waals surface area contributed by atoms with E-state index in [9.17, 15) is 0 Å². The van der Waals surface area contributed by atoms with Crippen molar-refractivity contribution in [2.24, 2.45) is 0 Å². The number of likely N-dealkylation sites (tertiary alicyclic amines) is 1. The first-order valence-electron chi connectivity index (χ1n) is 10.0. The molecule has 9 nitrogen and oxygen atoms in total. The van der Waals surface area contributed by atoms with Crippen molar-refractivity contribution < 1.29 is 4.74 Å². The second-order valence-electron chi connectivity index (χ2n) is 7.37. The number of methoxy groups -OCH3 is 1. The van der Waals surface area contributed by atoms with Gasteiger partial charge >= 0.3 is 6.01 Å². The SMILES string of the molecule is COc1nccc(CN2CCC(c3nnc4ccc(-c5cccnc5)nn34)CC2)n1. The maximum Gasteiger partial charge on any atom is 0.316 e. The number of nitrogens with zero attached hydrogens (tertiary/aromatic N) is 8. The van der Waals surface area contributed by atoms with Crippen LogP contribution in [0.2, 0.25) is 0 Å². The number of hydrogen-bond acceptors (Lipinski definition) is 8. The molecule has 0 amide bonds. The lowest BCUT2D eigenvalue weighted by Gasteiger charge is -2.30. The second kappa shape index (κ2) is 8.11. The maximum absolute atomic E-state index is 5.12. The molecule has 5 heterocycles. The van der Waals surface area contributed by atoms with Crippen LogP contribution in [0.3, 0.4) is 0 Å². The zero-order valence-corrected chi connectivity index (χ0v) is 16.7. The lowest BCUT2D eigenvalue weighted by atomic mass is 9.96. The summed E-state index contributed by atoms with van der Waals surface area (Å²) < 4.78 is 7.01. The largest absolute Gasteiger partial charge is 0.467 e. The van der Waals surface area contributed by atoms with Gasteiger partial charge in [-0.15, -0.1) is 10.2 Å². The standard InChI is InChI=1S/C21H22N8O/c1-30-21-23-10-6-17(24-21)14-28-11-7-15(8-12-28)20-26-25-19-5-4-18(27-29(19)20)16-3-2-9-22-13-16/h2-6,9-10,13,15H,7-8,11-12,14H2,1H3. The summed E-state index contributed by atoms with van der Waals surface area (Å²) in [5, 5.41) is 13.6. The Bertz CT molecular complexity index is 1140. The molecule has 0 bridgehead atoms. The monoisotopic (exact) mass is 402 g/mol. The molecule has 0 atom stereocenters. The highest BCUT2D eigenvalue weighted by Gasteiger charge is 2.25. The molecule has 1 aliphatic heterocycles. The molecule has 30 heavy (non-hydrogen) atoms. The van der Waals surface area contributed by atoms with Crippen molar-refractivity contribution in [2.75, 3.05) is 20.2 Å². The van der Waals surface area contributed by atoms with Gasteiger partial charge in [0.2, 0.25) is 0 Å². The van der Waals surface area contributed by atoms with E-state index in [4.69, 9.17) is 9.84 Å². The molecule has 5 rings (SSSR count). The third-order valence-corrected chi connectivity index (χ3v) is 5.46. The van der Waals surface area contributed by atoms with Gasteiger partial charge < -0.3 is 4.74 Å². The molecule has 0 aliphatic carbocycles. The molecule has 0 unspecified atom stereocenters. The molecule has 0 N–H and O–H groups in total. The predicted molar refractivity (Wildman–Crippen MR) is 110 cm³/mol. The van der Waals surface area contributed by atoms with Gasteiger partial charge in [-0.1, -0.05) is 0 Å². The second-order valence-corrected chi connectivity index (χ2v) is 7.37. The smallest absolute Gasteiger partial charge is 0.316 e. The van der Waals surface area contributed by atoms with Gasteiger partial charge in [-0.2, -0.15) is 14.6 Å². The van der Waals surface area contributed by atoms with Crippen LogP contribution in [-0.2, 0) is 6.54 Å². The van der Waals surface area contributed by atoms with Gasteiger partial charge in [-0.3, -0.25) is 9.88 Å². The molecule has 4 aromatic rings. The van der Waals surface area contributed by atoms with Gasteiger partial charge in [-0.05, 0) is 56.3 Å². The van der Waals surface area contributed by atoms with Gasteiger partial charge in [0, 0.05) is 36.6 Å². The average molecular weight is 402 g/mol. The zero-order chi connectivity index (χ0) is 20.3. The lowest BCUT2D eigenvalue weighted by Crippen LogP contribution is -2.33. The average Bonchev–Trinajstić information content (AvgIpc) is 3.23. The Balaban J connectivity index is 1.31. The molecule has 1 aliphatic rings. The minimum Gasteiger partial charge on any atom is -0.467 e. The van der Waals surface area contributed by atoms with E-state index in [0.29, 0.717) is 11.9 Å². The molecular formula is C21H22N8O. The van der Waals surface area contributed by atoms with Crippen molar-refractivity contribution >= 4 is 5.65 Å². The van der Waals surface area contributed by atoms with Crippen LogP contribution in [0.5, 0.6) is 6.01 Å². The van der Waals surface area contributed by atoms with Crippen LogP contribution in [0.15, 0.2) is 48.9 Å². The fourth-order valence-corrected chi connectivity index (χ4v) is 3.87. The molecular weight excluding hydrogens is 380 g/mol. The van der Waals surface area contributed by atoms with Crippen LogP contribution in [0.1, 0.15) is 30.3 Å². The van der Waals surface area contributed by atoms with E-state index >= 15 is 0 Å². The van der Waals surface area contributed by atoms with Gasteiger partial charge in [0.1, 0.15) is 0 Å². The predicted octanol–water partition coefficient (Wildman–Crippen LogP) is 2.36. The van der Waals surface area contributed by atoms with E-state index in [1.54, 1.807) is 19.5 Å². The molecule has 0 radical (unpaired) electrons. The molecule has 9 heteroatoms. The van der Waals surface area contributed by atoms with Crippen LogP contribution in [-0.4, -0.2) is 59.9 Å². The Morgan fingerprint density at radius 1 is 1.07 bits per heavy atom. The van der Waals surface area contributed by atoms with Gasteiger partial charge in [0.25, 0.3) is 0 Å². The summed E-state index contributed by atoms with van der Waals surface area (Å²) in [7, 11) is 1.58. The van der Waals surface area contributed by atoms with Gasteiger partial charge in [-0.25, -0.2) is 4.98 Å². The van der Waals surface area contributed by atoms with Gasteiger partial charge in [0.05, 0.1) is 18.5 Å². The van der Waals surface area contributed by atoms with Crippen LogP contribution in [0.4, 0.5) is 0 Å². The van der Waals surface area contributed by atoms with Crippen molar-refractivity contribution in [2.45, 2.75) is 25.3 Å². The third-order valence-electron chi connectivity index (χ3n) is 5.46. The minimum atomic E-state index is 0.327. The summed E-state index contributed by atoms with van der Waals surface area (Å²) in [5.74, 6) is 1.26. The molecule has 1 saturated heterocycles. The summed E-state index contributed by atoms with van der Waals surface area (Å²) in [6.45, 7) is 2.72. The Morgan fingerprint density at radius 2 is 1.97 bits per heavy atom. The Hall–Kier alpha value is -3.46. The number of fused-ring (bicyclic) bond motifs is 1. The van der Waals surface area contributed by atoms with E-state index < -0.39 is 0 Å². The first kappa shape index (κ1) is 18.6. The van der Waals surface area contributed by atoms with Crippen LogP contribution in [0, 0.1) is 0 Å². The number of aromatic nitrogens is 7. The first-order chi connectivity index (χ1) is 14.8. The first-order valence-corrected chi connectivity index (χ1v) is 10.0. The van der Waals surface area contributed by atoms with E-state index in [-0.39, 0.29) is 0 Å². The summed E-state index contributed by atoms with van der Waals surface area (Å²) in [4.78, 5) is 15.1. The van der Waals surface area contributed by atoms with Crippen LogP contribution >= 0.6 is 0 Å². The maximum atomic E-state index is 5.12. The number of pyridine rings is 1. The van der Waals surface area contributed by atoms with Crippen molar-refractivity contribution in [1.29, 1.82) is 0 Å². The molecule has 0 saturated carbocycles. The lowest BCUT2D eigenvalue weighted by molar-refractivity contribution is 0.198. The van der Waals surface area contributed by atoms with Crippen molar-refractivity contribution in [3.8, 4) is 17.3 Å². The van der Waals surface area contributed by atoms with E-state index in [1.165, 1.54) is 0 Å². The van der Waals surface area contributed by atoms with E-state index in [2.05, 4.69) is 30.0 Å². The number of ether oxygens (including phenoxy) is 1. The molecule has 1 fully saturated rings. The summed E-state index contributed by atoms with van der Waals surface area (Å²) in [5.41, 5.74) is 3.59. The number of rotatable bonds is 5. The van der Waals surface area contributed by atoms with Crippen LogP contribution in [0.25, 0.3) is 16.9 Å². The molecule has 152 valence electrons. The highest BCUT2D eigenvalue weighted by atomic mass is 16.5. The third kappa shape index (κ3) is 3.71. The minimum absolute atomic E-state index is 0.327. The normalized spacial score (nSPS) is 15.5. The van der Waals surface area contributed by atoms with Crippen LogP contribution < -0.4 is 4.74 Å². The quantitative estimate of drug-likeness (QED) is 0.502. The topological polar surface area (TPSA) is 94.2 Å². The Kier molecular flexibility index (Phi) is 5.02. The summed E-state index contributed by atoms with van der Waals surface area (Å²) in [6.07, 6.45) is 7.32. The number of piperidine rings is 1. The van der Waals surface area contributed by atoms with E-state index in [0.717, 1.165) is 60.9 Å². The van der Waals surface area contributed by atoms with E-state index in [1.807, 2.05) is 41.0 Å². The zero-order valence-electron chi connectivity index (χ0n) is 16.7. The van der Waals surface area contributed by atoms with Gasteiger partial charge in [0.15, 0.2) is 11.5 Å². The van der Waals surface area contributed by atoms with Crippen molar-refractivity contribution in [3.63, 3.8) is 0 Å². The Labute approximate surface area is 173 Å². The fraction of sp³-hybridized carbons (Fsp3) is 0.333. The highest BCUT2D eigenvalue weighted by molar-refractivity contribution is 5.58. The van der Waals surface area contributed by atoms with Crippen molar-refractivity contribution in [1.82, 2.24) is 39.7 Å². The molecule has 0 spiro atoms. The number of hydrogen-bond donors (Lipinski definition) is 0. The summed E-state index contributed by atoms with van der Waals surface area (Å²) in [6, 6.07) is 10.2. The molecule has 0 aromatic carbocycles. The summed E-state index contributed by atoms with van der Waals surface area (Å²) >= 11 is 0. The Morgan fingerprint density at radius 3 is 2.77 bits per heavy atom. The highest BCUT2D eigenvalue weighted by Crippen LogP contribution is 2.28. The molecule has 4 aromatic heterocycles. The van der Waals surface area contributed by atoms with Crippen molar-refractivity contribution in [3.05, 3.63) is 60.4 Å². The fourth-order valence-electron chi connectivity index (χ4n) is 3.87.